The predicted octanol–water partition coefficient (Wildman–Crippen LogP) is 3.48. The SMILES string of the molecule is CCCCS(=O)(=O)Nc1ccc(C(=O)N[C@@H]2CCOc3ccccc32)cc1. The molecule has 1 heterocycles. The first-order chi connectivity index (χ1) is 13.0. The Morgan fingerprint density at radius 3 is 2.63 bits per heavy atom. The molecule has 2 N–H and O–H groups in total. The molecule has 27 heavy (non-hydrogen) atoms. The molecule has 0 saturated carbocycles. The molecule has 3 rings (SSSR count). The van der Waals surface area contributed by atoms with Crippen LogP contribution < -0.4 is 14.8 Å². The number of carbonyl (C=O) groups excluding carboxylic acids is 1. The number of hydrogen-bond donors (Lipinski definition) is 2. The van der Waals surface area contributed by atoms with Gasteiger partial charge in [-0.2, -0.15) is 0 Å². The van der Waals surface area contributed by atoms with Gasteiger partial charge in [0.05, 0.1) is 18.4 Å². The Balaban J connectivity index is 1.65. The highest BCUT2D eigenvalue weighted by molar-refractivity contribution is 7.92. The number of fused-ring (bicyclic) bond motifs is 1. The lowest BCUT2D eigenvalue weighted by Crippen LogP contribution is -2.32. The summed E-state index contributed by atoms with van der Waals surface area (Å²) in [4.78, 5) is 12.6. The average molecular weight is 388 g/mol. The summed E-state index contributed by atoms with van der Waals surface area (Å²) >= 11 is 0. The van der Waals surface area contributed by atoms with Crippen LogP contribution in [0.1, 0.15) is 48.1 Å². The number of unbranched alkanes of at least 4 members (excludes halogenated alkanes) is 1. The van der Waals surface area contributed by atoms with Crippen LogP contribution in [0.4, 0.5) is 5.69 Å². The molecule has 0 radical (unpaired) electrons. The van der Waals surface area contributed by atoms with Crippen molar-refractivity contribution in [2.45, 2.75) is 32.2 Å². The third-order valence-electron chi connectivity index (χ3n) is 4.45. The average Bonchev–Trinajstić information content (AvgIpc) is 2.67. The lowest BCUT2D eigenvalue weighted by atomic mass is 10.00. The van der Waals surface area contributed by atoms with Gasteiger partial charge in [0.15, 0.2) is 0 Å². The number of para-hydroxylation sites is 1. The molecule has 1 atom stereocenters. The second kappa shape index (κ2) is 8.43. The van der Waals surface area contributed by atoms with E-state index in [-0.39, 0.29) is 17.7 Å². The fourth-order valence-electron chi connectivity index (χ4n) is 2.99. The van der Waals surface area contributed by atoms with Gasteiger partial charge in [0, 0.05) is 23.2 Å². The van der Waals surface area contributed by atoms with Gasteiger partial charge in [0.25, 0.3) is 5.91 Å². The molecule has 0 saturated heterocycles. The molecule has 0 aliphatic carbocycles. The molecule has 1 aliphatic rings. The van der Waals surface area contributed by atoms with Crippen LogP contribution >= 0.6 is 0 Å². The lowest BCUT2D eigenvalue weighted by Gasteiger charge is -2.26. The lowest BCUT2D eigenvalue weighted by molar-refractivity contribution is 0.0925. The molecule has 1 amide bonds. The fourth-order valence-corrected chi connectivity index (χ4v) is 4.25. The van der Waals surface area contributed by atoms with Gasteiger partial charge in [-0.1, -0.05) is 31.5 Å². The molecule has 0 spiro atoms. The third kappa shape index (κ3) is 5.01. The predicted molar refractivity (Wildman–Crippen MR) is 106 cm³/mol. The van der Waals surface area contributed by atoms with E-state index >= 15 is 0 Å². The maximum atomic E-state index is 12.6. The van der Waals surface area contributed by atoms with E-state index in [0.29, 0.717) is 30.7 Å². The monoisotopic (exact) mass is 388 g/mol. The molecule has 1 aliphatic heterocycles. The Morgan fingerprint density at radius 2 is 1.89 bits per heavy atom. The number of hydrogen-bond acceptors (Lipinski definition) is 4. The van der Waals surface area contributed by atoms with Crippen molar-refractivity contribution in [3.63, 3.8) is 0 Å². The molecule has 7 heteroatoms. The molecule has 6 nitrogen and oxygen atoms in total. The van der Waals surface area contributed by atoms with Crippen molar-refractivity contribution in [1.82, 2.24) is 5.32 Å². The van der Waals surface area contributed by atoms with E-state index < -0.39 is 10.0 Å². The standard InChI is InChI=1S/C20H24N2O4S/c1-2-3-14-27(24,25)22-16-10-8-15(9-11-16)20(23)21-18-12-13-26-19-7-5-4-6-17(18)19/h4-11,18,22H,2-3,12-14H2,1H3,(H,21,23)/t18-/m1/s1. The minimum atomic E-state index is -3.35. The Hall–Kier alpha value is -2.54. The first-order valence-electron chi connectivity index (χ1n) is 9.11. The maximum absolute atomic E-state index is 12.6. The van der Waals surface area contributed by atoms with Crippen molar-refractivity contribution in [2.24, 2.45) is 0 Å². The van der Waals surface area contributed by atoms with Crippen LogP contribution in [0, 0.1) is 0 Å². The molecule has 0 unspecified atom stereocenters. The summed E-state index contributed by atoms with van der Waals surface area (Å²) in [7, 11) is -3.35. The molecule has 0 fully saturated rings. The van der Waals surface area contributed by atoms with Gasteiger partial charge >= 0.3 is 0 Å². The molecular weight excluding hydrogens is 364 g/mol. The zero-order valence-corrected chi connectivity index (χ0v) is 16.1. The molecule has 144 valence electrons. The van der Waals surface area contributed by atoms with Gasteiger partial charge in [-0.15, -0.1) is 0 Å². The van der Waals surface area contributed by atoms with E-state index in [1.807, 2.05) is 31.2 Å². The first kappa shape index (κ1) is 19.2. The number of benzene rings is 2. The van der Waals surface area contributed by atoms with E-state index in [2.05, 4.69) is 10.0 Å². The number of sulfonamides is 1. The largest absolute Gasteiger partial charge is 0.493 e. The smallest absolute Gasteiger partial charge is 0.251 e. The van der Waals surface area contributed by atoms with Crippen molar-refractivity contribution < 1.29 is 17.9 Å². The second-order valence-corrected chi connectivity index (χ2v) is 8.39. The number of carbonyl (C=O) groups is 1. The topological polar surface area (TPSA) is 84.5 Å². The van der Waals surface area contributed by atoms with Crippen molar-refractivity contribution in [2.75, 3.05) is 17.1 Å². The molecular formula is C20H24N2O4S. The Bertz CT molecular complexity index is 894. The van der Waals surface area contributed by atoms with E-state index in [4.69, 9.17) is 4.74 Å². The highest BCUT2D eigenvalue weighted by Crippen LogP contribution is 2.31. The van der Waals surface area contributed by atoms with Gasteiger partial charge < -0.3 is 10.1 Å². The van der Waals surface area contributed by atoms with Crippen LogP contribution in [0.3, 0.4) is 0 Å². The van der Waals surface area contributed by atoms with E-state index in [1.54, 1.807) is 24.3 Å². The van der Waals surface area contributed by atoms with Gasteiger partial charge in [-0.25, -0.2) is 8.42 Å². The van der Waals surface area contributed by atoms with E-state index in [9.17, 15) is 13.2 Å². The minimum absolute atomic E-state index is 0.0922. The summed E-state index contributed by atoms with van der Waals surface area (Å²) < 4.78 is 32.1. The van der Waals surface area contributed by atoms with Crippen LogP contribution in [-0.2, 0) is 10.0 Å². The zero-order chi connectivity index (χ0) is 19.3. The van der Waals surface area contributed by atoms with Crippen molar-refractivity contribution in [3.05, 3.63) is 59.7 Å². The summed E-state index contributed by atoms with van der Waals surface area (Å²) in [5, 5.41) is 3.03. The minimum Gasteiger partial charge on any atom is -0.493 e. The van der Waals surface area contributed by atoms with Crippen molar-refractivity contribution >= 4 is 21.6 Å². The Morgan fingerprint density at radius 1 is 1.15 bits per heavy atom. The summed E-state index contributed by atoms with van der Waals surface area (Å²) in [5.74, 6) is 0.692. The normalized spacial score (nSPS) is 16.1. The van der Waals surface area contributed by atoms with Gasteiger partial charge in [0.1, 0.15) is 5.75 Å². The van der Waals surface area contributed by atoms with E-state index in [1.165, 1.54) is 0 Å². The van der Waals surface area contributed by atoms with Crippen molar-refractivity contribution in [3.8, 4) is 5.75 Å². The van der Waals surface area contributed by atoms with E-state index in [0.717, 1.165) is 17.7 Å². The van der Waals surface area contributed by atoms with Crippen LogP contribution in [0.5, 0.6) is 5.75 Å². The summed E-state index contributed by atoms with van der Waals surface area (Å²) in [6.45, 7) is 2.50. The third-order valence-corrected chi connectivity index (χ3v) is 5.82. The molecule has 2 aromatic rings. The highest BCUT2D eigenvalue weighted by Gasteiger charge is 2.23. The number of rotatable bonds is 7. The van der Waals surface area contributed by atoms with Gasteiger partial charge in [0.2, 0.25) is 10.0 Å². The molecule has 0 aromatic heterocycles. The fraction of sp³-hybridized carbons (Fsp3) is 0.350. The zero-order valence-electron chi connectivity index (χ0n) is 15.3. The molecule has 0 bridgehead atoms. The highest BCUT2D eigenvalue weighted by atomic mass is 32.2. The summed E-state index contributed by atoms with van der Waals surface area (Å²) in [5.41, 5.74) is 1.91. The van der Waals surface area contributed by atoms with Gasteiger partial charge in [-0.3, -0.25) is 9.52 Å². The number of nitrogens with one attached hydrogen (secondary N) is 2. The van der Waals surface area contributed by atoms with Crippen LogP contribution in [0.2, 0.25) is 0 Å². The number of anilines is 1. The van der Waals surface area contributed by atoms with Crippen molar-refractivity contribution in [1.29, 1.82) is 0 Å². The van der Waals surface area contributed by atoms with Crippen LogP contribution in [0.15, 0.2) is 48.5 Å². The van der Waals surface area contributed by atoms with Crippen LogP contribution in [-0.4, -0.2) is 26.7 Å². The quantitative estimate of drug-likeness (QED) is 0.760. The van der Waals surface area contributed by atoms with Crippen LogP contribution in [0.25, 0.3) is 0 Å². The first-order valence-corrected chi connectivity index (χ1v) is 10.8. The summed E-state index contributed by atoms with van der Waals surface area (Å²) in [6, 6.07) is 14.0. The molecule has 2 aromatic carbocycles. The Kier molecular flexibility index (Phi) is 6.01. The Labute approximate surface area is 160 Å². The summed E-state index contributed by atoms with van der Waals surface area (Å²) in [6.07, 6.45) is 2.13. The number of ether oxygens (including phenoxy) is 1. The maximum Gasteiger partial charge on any atom is 0.251 e. The second-order valence-electron chi connectivity index (χ2n) is 6.55. The number of amides is 1. The van der Waals surface area contributed by atoms with Gasteiger partial charge in [-0.05, 0) is 36.8 Å².